The maximum Gasteiger partial charge on any atom is 0.416 e. The normalized spacial score (nSPS) is 16.1. The number of ether oxygens (including phenoxy) is 1. The predicted molar refractivity (Wildman–Crippen MR) is 131 cm³/mol. The van der Waals surface area contributed by atoms with Crippen molar-refractivity contribution in [1.82, 2.24) is 4.90 Å². The minimum Gasteiger partial charge on any atom is -0.376 e. The molecular weight excluding hydrogens is 449 g/mol. The van der Waals surface area contributed by atoms with Crippen molar-refractivity contribution in [1.29, 1.82) is 5.26 Å². The Kier molecular flexibility index (Phi) is 7.30. The third-order valence-corrected chi connectivity index (χ3v) is 6.98. The Labute approximate surface area is 204 Å². The fraction of sp³-hybridized carbons (Fsp3) is 0.345. The summed E-state index contributed by atoms with van der Waals surface area (Å²) >= 11 is 0. The van der Waals surface area contributed by atoms with E-state index in [2.05, 4.69) is 30.1 Å². The molecule has 4 rings (SSSR count). The monoisotopic (exact) mass is 478 g/mol. The molecule has 3 aromatic rings. The maximum absolute atomic E-state index is 13.7. The van der Waals surface area contributed by atoms with Crippen LogP contribution in [0.1, 0.15) is 40.7 Å². The van der Waals surface area contributed by atoms with Gasteiger partial charge < -0.3 is 9.64 Å². The number of nitriles is 1. The van der Waals surface area contributed by atoms with Crippen LogP contribution in [0.2, 0.25) is 0 Å². The molecule has 1 aliphatic heterocycles. The fourth-order valence-corrected chi connectivity index (χ4v) is 4.79. The predicted octanol–water partition coefficient (Wildman–Crippen LogP) is 6.73. The summed E-state index contributed by atoms with van der Waals surface area (Å²) in [5, 5.41) is 9.18. The third-order valence-electron chi connectivity index (χ3n) is 6.98. The van der Waals surface area contributed by atoms with Crippen molar-refractivity contribution in [2.24, 2.45) is 0 Å². The number of rotatable bonds is 6. The molecule has 1 saturated heterocycles. The molecule has 3 nitrogen and oxygen atoms in total. The summed E-state index contributed by atoms with van der Waals surface area (Å²) in [6.07, 6.45) is -2.59. The van der Waals surface area contributed by atoms with Crippen molar-refractivity contribution in [2.75, 3.05) is 26.7 Å². The van der Waals surface area contributed by atoms with Crippen LogP contribution in [-0.4, -0.2) is 31.6 Å². The second-order valence-electron chi connectivity index (χ2n) is 9.50. The van der Waals surface area contributed by atoms with Crippen LogP contribution >= 0.6 is 0 Å². The average Bonchev–Trinajstić information content (AvgIpc) is 2.85. The highest BCUT2D eigenvalue weighted by molar-refractivity contribution is 5.67. The molecule has 6 heteroatoms. The number of hydrogen-bond acceptors (Lipinski definition) is 3. The van der Waals surface area contributed by atoms with Crippen LogP contribution in [0.25, 0.3) is 11.1 Å². The standard InChI is InChI=1S/C29H29F3N2O/c1-21-14-23(8-9-24(21)18-33)25-15-22(16-27(17-25)29(30,31)32)19-35-20-28(10-12-34(2)13-11-28)26-6-4-3-5-7-26/h3-9,14-17H,10-13,19-20H2,1-2H3. The minimum atomic E-state index is -4.47. The molecule has 0 atom stereocenters. The average molecular weight is 479 g/mol. The molecule has 0 N–H and O–H groups in total. The molecule has 0 spiro atoms. The summed E-state index contributed by atoms with van der Waals surface area (Å²) in [6.45, 7) is 4.22. The van der Waals surface area contributed by atoms with Crippen LogP contribution in [0.3, 0.4) is 0 Å². The molecule has 0 bridgehead atoms. The number of aryl methyl sites for hydroxylation is 1. The van der Waals surface area contributed by atoms with Crippen LogP contribution in [-0.2, 0) is 22.9 Å². The lowest BCUT2D eigenvalue weighted by Gasteiger charge is -2.41. The summed E-state index contributed by atoms with van der Waals surface area (Å²) < 4.78 is 47.3. The van der Waals surface area contributed by atoms with Crippen LogP contribution in [0.4, 0.5) is 13.2 Å². The Hall–Kier alpha value is -3.14. The van der Waals surface area contributed by atoms with E-state index in [4.69, 9.17) is 4.74 Å². The maximum atomic E-state index is 13.7. The lowest BCUT2D eigenvalue weighted by molar-refractivity contribution is -0.137. The Morgan fingerprint density at radius 1 is 0.971 bits per heavy atom. The topological polar surface area (TPSA) is 36.3 Å². The molecule has 0 saturated carbocycles. The van der Waals surface area contributed by atoms with Gasteiger partial charge in [-0.05, 0) is 92.0 Å². The molecule has 182 valence electrons. The van der Waals surface area contributed by atoms with Crippen LogP contribution in [0, 0.1) is 18.3 Å². The van der Waals surface area contributed by atoms with Gasteiger partial charge in [0.05, 0.1) is 30.4 Å². The van der Waals surface area contributed by atoms with Gasteiger partial charge in [-0.25, -0.2) is 0 Å². The number of nitrogens with zero attached hydrogens (tertiary/aromatic N) is 2. The van der Waals surface area contributed by atoms with Crippen molar-refractivity contribution < 1.29 is 17.9 Å². The van der Waals surface area contributed by atoms with Crippen molar-refractivity contribution in [3.8, 4) is 17.2 Å². The summed E-state index contributed by atoms with van der Waals surface area (Å²) in [5.41, 5.74) is 3.18. The molecule has 1 heterocycles. The van der Waals surface area contributed by atoms with Crippen molar-refractivity contribution in [3.63, 3.8) is 0 Å². The molecule has 0 aliphatic carbocycles. The quantitative estimate of drug-likeness (QED) is 0.394. The summed E-state index contributed by atoms with van der Waals surface area (Å²) in [7, 11) is 2.10. The fourth-order valence-electron chi connectivity index (χ4n) is 4.79. The van der Waals surface area contributed by atoms with Crippen LogP contribution < -0.4 is 0 Å². The van der Waals surface area contributed by atoms with Crippen LogP contribution in [0.15, 0.2) is 66.7 Å². The van der Waals surface area contributed by atoms with Crippen molar-refractivity contribution in [2.45, 2.75) is 38.0 Å². The third kappa shape index (κ3) is 5.75. The zero-order valence-corrected chi connectivity index (χ0v) is 20.0. The molecule has 1 fully saturated rings. The SMILES string of the molecule is Cc1cc(-c2cc(COCC3(c4ccccc4)CCN(C)CC3)cc(C(F)(F)F)c2)ccc1C#N. The second-order valence-corrected chi connectivity index (χ2v) is 9.50. The van der Waals surface area contributed by atoms with Gasteiger partial charge in [0.2, 0.25) is 0 Å². The molecule has 35 heavy (non-hydrogen) atoms. The Morgan fingerprint density at radius 3 is 2.31 bits per heavy atom. The van der Waals surface area contributed by atoms with Gasteiger partial charge in [0.1, 0.15) is 0 Å². The summed E-state index contributed by atoms with van der Waals surface area (Å²) in [4.78, 5) is 2.29. The van der Waals surface area contributed by atoms with E-state index in [1.54, 1.807) is 31.2 Å². The lowest BCUT2D eigenvalue weighted by atomic mass is 9.73. The zero-order chi connectivity index (χ0) is 25.1. The Bertz CT molecular complexity index is 1210. The van der Waals surface area contributed by atoms with E-state index in [0.717, 1.165) is 37.6 Å². The van der Waals surface area contributed by atoms with E-state index in [9.17, 15) is 18.4 Å². The Morgan fingerprint density at radius 2 is 1.69 bits per heavy atom. The van der Waals surface area contributed by atoms with E-state index in [1.165, 1.54) is 11.6 Å². The largest absolute Gasteiger partial charge is 0.416 e. The number of benzene rings is 3. The highest BCUT2D eigenvalue weighted by atomic mass is 19.4. The van der Waals surface area contributed by atoms with E-state index in [0.29, 0.717) is 28.9 Å². The first kappa shape index (κ1) is 25.0. The second kappa shape index (κ2) is 10.2. The van der Waals surface area contributed by atoms with E-state index in [-0.39, 0.29) is 12.0 Å². The summed E-state index contributed by atoms with van der Waals surface area (Å²) in [5.74, 6) is 0. The number of likely N-dealkylation sites (tertiary alicyclic amines) is 1. The highest BCUT2D eigenvalue weighted by Gasteiger charge is 2.36. The minimum absolute atomic E-state index is 0.0939. The van der Waals surface area contributed by atoms with Gasteiger partial charge in [-0.1, -0.05) is 42.5 Å². The first-order valence-electron chi connectivity index (χ1n) is 11.7. The number of piperidine rings is 1. The molecule has 3 aromatic carbocycles. The molecule has 0 unspecified atom stereocenters. The van der Waals surface area contributed by atoms with E-state index < -0.39 is 11.7 Å². The number of alkyl halides is 3. The van der Waals surface area contributed by atoms with Gasteiger partial charge >= 0.3 is 6.18 Å². The summed E-state index contributed by atoms with van der Waals surface area (Å²) in [6, 6.07) is 21.5. The van der Waals surface area contributed by atoms with Crippen molar-refractivity contribution >= 4 is 0 Å². The van der Waals surface area contributed by atoms with Gasteiger partial charge in [0.25, 0.3) is 0 Å². The highest BCUT2D eigenvalue weighted by Crippen LogP contribution is 2.37. The number of halogens is 3. The lowest BCUT2D eigenvalue weighted by Crippen LogP contribution is -2.43. The molecular formula is C29H29F3N2O. The van der Waals surface area contributed by atoms with Crippen molar-refractivity contribution in [3.05, 3.63) is 94.5 Å². The van der Waals surface area contributed by atoms with E-state index >= 15 is 0 Å². The molecule has 0 amide bonds. The molecule has 0 aromatic heterocycles. The van der Waals surface area contributed by atoms with Gasteiger partial charge in [-0.2, -0.15) is 18.4 Å². The van der Waals surface area contributed by atoms with Gasteiger partial charge in [0, 0.05) is 5.41 Å². The van der Waals surface area contributed by atoms with E-state index in [1.807, 2.05) is 18.2 Å². The number of hydrogen-bond donors (Lipinski definition) is 0. The first-order valence-corrected chi connectivity index (χ1v) is 11.7. The Balaban J connectivity index is 1.59. The van der Waals surface area contributed by atoms with Gasteiger partial charge in [0.15, 0.2) is 0 Å². The van der Waals surface area contributed by atoms with Gasteiger partial charge in [-0.3, -0.25) is 0 Å². The first-order chi connectivity index (χ1) is 16.7. The van der Waals surface area contributed by atoms with Crippen LogP contribution in [0.5, 0.6) is 0 Å². The van der Waals surface area contributed by atoms with Gasteiger partial charge in [-0.15, -0.1) is 0 Å². The zero-order valence-electron chi connectivity index (χ0n) is 20.0. The molecule has 0 radical (unpaired) electrons. The molecule has 1 aliphatic rings. The smallest absolute Gasteiger partial charge is 0.376 e.